The van der Waals surface area contributed by atoms with E-state index < -0.39 is 6.10 Å². The Morgan fingerprint density at radius 1 is 1.33 bits per heavy atom. The molecule has 0 radical (unpaired) electrons. The minimum Gasteiger partial charge on any atom is -0.490 e. The number of nitrogens with zero attached hydrogens (tertiary/aromatic N) is 3. The Hall–Kier alpha value is -2.92. The van der Waals surface area contributed by atoms with Crippen molar-refractivity contribution in [2.24, 2.45) is 0 Å². The zero-order valence-corrected chi connectivity index (χ0v) is 19.5. The number of rotatable bonds is 9. The van der Waals surface area contributed by atoms with Gasteiger partial charge in [-0.15, -0.1) is 11.6 Å². The fourth-order valence-electron chi connectivity index (χ4n) is 4.20. The van der Waals surface area contributed by atoms with E-state index in [2.05, 4.69) is 27.6 Å². The van der Waals surface area contributed by atoms with Gasteiger partial charge in [-0.25, -0.2) is 0 Å². The fourth-order valence-corrected chi connectivity index (χ4v) is 4.31. The van der Waals surface area contributed by atoms with Crippen LogP contribution in [0.25, 0.3) is 22.8 Å². The average molecular weight is 467 g/mol. The molecule has 2 N–H and O–H groups in total. The molecule has 0 fully saturated rings. The molecule has 3 aromatic rings. The Labute approximate surface area is 198 Å². The molecular weight excluding hydrogens is 440 g/mol. The van der Waals surface area contributed by atoms with Crippen molar-refractivity contribution in [3.05, 3.63) is 53.1 Å². The smallest absolute Gasteiger partial charge is 0.258 e. The number of nitrogens with one attached hydrogen (secondary N) is 1. The van der Waals surface area contributed by atoms with Gasteiger partial charge in [0, 0.05) is 30.1 Å². The lowest BCUT2D eigenvalue weighted by Crippen LogP contribution is -2.30. The van der Waals surface area contributed by atoms with E-state index in [0.717, 1.165) is 24.9 Å². The Balaban J connectivity index is 1.55. The van der Waals surface area contributed by atoms with Crippen molar-refractivity contribution in [1.82, 2.24) is 15.5 Å². The molecule has 7 nitrogen and oxygen atoms in total. The maximum Gasteiger partial charge on any atom is 0.258 e. The summed E-state index contributed by atoms with van der Waals surface area (Å²) in [5, 5.41) is 26.7. The number of benzene rings is 2. The van der Waals surface area contributed by atoms with Crippen molar-refractivity contribution in [2.45, 2.75) is 44.8 Å². The van der Waals surface area contributed by atoms with Crippen LogP contribution in [0.4, 0.5) is 0 Å². The second-order valence-corrected chi connectivity index (χ2v) is 8.80. The van der Waals surface area contributed by atoms with Crippen molar-refractivity contribution in [3.63, 3.8) is 0 Å². The number of nitriles is 1. The van der Waals surface area contributed by atoms with Crippen LogP contribution in [0.15, 0.2) is 40.9 Å². The number of aliphatic hydroxyl groups is 1. The van der Waals surface area contributed by atoms with Crippen LogP contribution in [0, 0.1) is 11.3 Å². The van der Waals surface area contributed by atoms with Crippen LogP contribution in [-0.4, -0.2) is 46.4 Å². The molecular formula is C25H27ClN4O3. The maximum atomic E-state index is 9.66. The Morgan fingerprint density at radius 2 is 2.18 bits per heavy atom. The number of aromatic nitrogens is 2. The molecule has 0 saturated heterocycles. The highest BCUT2D eigenvalue weighted by Crippen LogP contribution is 2.38. The Bertz CT molecular complexity index is 1150. The monoisotopic (exact) mass is 466 g/mol. The summed E-state index contributed by atoms with van der Waals surface area (Å²) in [5.74, 6) is 2.02. The minimum atomic E-state index is -0.538. The largest absolute Gasteiger partial charge is 0.490 e. The van der Waals surface area contributed by atoms with Crippen molar-refractivity contribution >= 4 is 11.6 Å². The summed E-state index contributed by atoms with van der Waals surface area (Å²) in [5.41, 5.74) is 4.57. The zero-order chi connectivity index (χ0) is 23.4. The lowest BCUT2D eigenvalue weighted by molar-refractivity contribution is 0.194. The molecule has 172 valence electrons. The van der Waals surface area contributed by atoms with Crippen LogP contribution < -0.4 is 10.1 Å². The first-order valence-electron chi connectivity index (χ1n) is 11.1. The summed E-state index contributed by atoms with van der Waals surface area (Å²) in [4.78, 5) is 4.62. The maximum absolute atomic E-state index is 9.66. The molecule has 0 aliphatic heterocycles. The molecule has 2 aromatic carbocycles. The lowest BCUT2D eigenvalue weighted by atomic mass is 9.98. The van der Waals surface area contributed by atoms with E-state index in [1.54, 1.807) is 12.1 Å². The van der Waals surface area contributed by atoms with Gasteiger partial charge in [0.15, 0.2) is 0 Å². The van der Waals surface area contributed by atoms with Gasteiger partial charge in [-0.1, -0.05) is 23.4 Å². The summed E-state index contributed by atoms with van der Waals surface area (Å²) in [7, 11) is 0. The lowest BCUT2D eigenvalue weighted by Gasteiger charge is -2.15. The molecule has 1 aromatic heterocycles. The van der Waals surface area contributed by atoms with Gasteiger partial charge in [0.25, 0.3) is 5.89 Å². The molecule has 1 heterocycles. The topological polar surface area (TPSA) is 104 Å². The highest BCUT2D eigenvalue weighted by molar-refractivity contribution is 6.18. The van der Waals surface area contributed by atoms with Crippen molar-refractivity contribution in [3.8, 4) is 34.7 Å². The number of aliphatic hydroxyl groups excluding tert-OH is 1. The van der Waals surface area contributed by atoms with E-state index in [4.69, 9.17) is 20.9 Å². The van der Waals surface area contributed by atoms with Gasteiger partial charge in [-0.3, -0.25) is 0 Å². The number of hydrogen-bond acceptors (Lipinski definition) is 7. The van der Waals surface area contributed by atoms with Crippen LogP contribution in [0.3, 0.4) is 0 Å². The normalized spacial score (nSPS) is 15.9. The first kappa shape index (κ1) is 23.2. The van der Waals surface area contributed by atoms with Crippen LogP contribution in [0.5, 0.6) is 5.75 Å². The molecule has 0 saturated carbocycles. The Kier molecular flexibility index (Phi) is 7.29. The quantitative estimate of drug-likeness (QED) is 0.453. The minimum absolute atomic E-state index is 0.0254. The SMILES string of the molecule is CC(C)Oc1ccc(-c2nc(-c3cccc4c3CC[C@@H]4CNCC(O)CCl)no2)cc1C#N. The van der Waals surface area contributed by atoms with Gasteiger partial charge in [-0.2, -0.15) is 10.2 Å². The predicted molar refractivity (Wildman–Crippen MR) is 126 cm³/mol. The predicted octanol–water partition coefficient (Wildman–Crippen LogP) is 4.28. The summed E-state index contributed by atoms with van der Waals surface area (Å²) in [6.07, 6.45) is 1.38. The summed E-state index contributed by atoms with van der Waals surface area (Å²) in [6.45, 7) is 5.10. The van der Waals surface area contributed by atoms with Gasteiger partial charge in [0.2, 0.25) is 5.82 Å². The summed E-state index contributed by atoms with van der Waals surface area (Å²) >= 11 is 5.67. The summed E-state index contributed by atoms with van der Waals surface area (Å²) in [6, 6.07) is 13.6. The zero-order valence-electron chi connectivity index (χ0n) is 18.7. The average Bonchev–Trinajstić information content (AvgIpc) is 3.46. The van der Waals surface area contributed by atoms with Crippen LogP contribution >= 0.6 is 11.6 Å². The van der Waals surface area contributed by atoms with E-state index >= 15 is 0 Å². The van der Waals surface area contributed by atoms with Gasteiger partial charge in [-0.05, 0) is 61.9 Å². The second-order valence-electron chi connectivity index (χ2n) is 8.49. The van der Waals surface area contributed by atoms with Gasteiger partial charge in [0.1, 0.15) is 11.8 Å². The number of halogens is 1. The third-order valence-corrected chi connectivity index (χ3v) is 6.08. The molecule has 1 aliphatic carbocycles. The van der Waals surface area contributed by atoms with Gasteiger partial charge < -0.3 is 19.7 Å². The van der Waals surface area contributed by atoms with Gasteiger partial charge >= 0.3 is 0 Å². The van der Waals surface area contributed by atoms with Crippen molar-refractivity contribution < 1.29 is 14.4 Å². The first-order chi connectivity index (χ1) is 16.0. The third-order valence-electron chi connectivity index (χ3n) is 5.72. The standard InChI is InChI=1S/C25H27ClN4O3/c1-15(2)32-23-9-7-16(10-18(23)12-27)25-29-24(30-33-25)22-5-3-4-20-17(6-8-21(20)22)13-28-14-19(31)11-26/h3-5,7,9-10,15,17,19,28,31H,6,8,11,13-14H2,1-2H3/t17-,19?/m1/s1. The molecule has 0 amide bonds. The molecule has 4 rings (SSSR count). The molecule has 33 heavy (non-hydrogen) atoms. The molecule has 0 spiro atoms. The van der Waals surface area contributed by atoms with E-state index in [1.807, 2.05) is 32.0 Å². The molecule has 1 unspecified atom stereocenters. The van der Waals surface area contributed by atoms with E-state index in [-0.39, 0.29) is 12.0 Å². The van der Waals surface area contributed by atoms with E-state index in [0.29, 0.717) is 41.1 Å². The number of fused-ring (bicyclic) bond motifs is 1. The molecule has 2 atom stereocenters. The van der Waals surface area contributed by atoms with Crippen LogP contribution in [0.2, 0.25) is 0 Å². The van der Waals surface area contributed by atoms with Crippen molar-refractivity contribution in [2.75, 3.05) is 19.0 Å². The van der Waals surface area contributed by atoms with Crippen LogP contribution in [-0.2, 0) is 6.42 Å². The van der Waals surface area contributed by atoms with Crippen molar-refractivity contribution in [1.29, 1.82) is 5.26 Å². The van der Waals surface area contributed by atoms with E-state index in [1.165, 1.54) is 11.1 Å². The number of ether oxygens (including phenoxy) is 1. The highest BCUT2D eigenvalue weighted by atomic mass is 35.5. The third kappa shape index (κ3) is 5.19. The molecule has 1 aliphatic rings. The summed E-state index contributed by atoms with van der Waals surface area (Å²) < 4.78 is 11.2. The van der Waals surface area contributed by atoms with E-state index in [9.17, 15) is 10.4 Å². The van der Waals surface area contributed by atoms with Gasteiger partial charge in [0.05, 0.1) is 17.8 Å². The number of alkyl halides is 1. The second kappa shape index (κ2) is 10.3. The van der Waals surface area contributed by atoms with Crippen LogP contribution in [0.1, 0.15) is 42.9 Å². The fraction of sp³-hybridized carbons (Fsp3) is 0.400. The Morgan fingerprint density at radius 3 is 2.94 bits per heavy atom. The highest BCUT2D eigenvalue weighted by Gasteiger charge is 2.26. The number of hydrogen-bond donors (Lipinski definition) is 2. The first-order valence-corrected chi connectivity index (χ1v) is 11.7. The molecule has 0 bridgehead atoms. The molecule has 8 heteroatoms.